The van der Waals surface area contributed by atoms with Gasteiger partial charge in [-0.25, -0.2) is 0 Å². The second-order valence-electron chi connectivity index (χ2n) is 7.47. The van der Waals surface area contributed by atoms with Crippen molar-refractivity contribution < 1.29 is 4.79 Å². The minimum absolute atomic E-state index is 0.0168. The van der Waals surface area contributed by atoms with Gasteiger partial charge in [0.15, 0.2) is 0 Å². The van der Waals surface area contributed by atoms with Crippen molar-refractivity contribution in [3.05, 3.63) is 90.0 Å². The van der Waals surface area contributed by atoms with Crippen molar-refractivity contribution in [3.63, 3.8) is 0 Å². The summed E-state index contributed by atoms with van der Waals surface area (Å²) in [4.78, 5) is 25.3. The maximum atomic E-state index is 12.9. The molecular formula is C24H28N4O. The van der Waals surface area contributed by atoms with E-state index < -0.39 is 0 Å². The molecule has 2 aromatic heterocycles. The molecule has 2 heterocycles. The number of carbonyl (C=O) groups excluding carboxylic acids is 1. The van der Waals surface area contributed by atoms with E-state index >= 15 is 0 Å². The number of nitrogens with zero attached hydrogens (tertiary/aromatic N) is 4. The van der Waals surface area contributed by atoms with Gasteiger partial charge in [0, 0.05) is 44.8 Å². The highest BCUT2D eigenvalue weighted by Gasteiger charge is 2.17. The molecule has 3 rings (SSSR count). The van der Waals surface area contributed by atoms with Gasteiger partial charge in [-0.1, -0.05) is 30.3 Å². The van der Waals surface area contributed by atoms with E-state index in [-0.39, 0.29) is 11.9 Å². The lowest BCUT2D eigenvalue weighted by Gasteiger charge is -2.29. The SMILES string of the molecule is CC(C)N(Cc1ccccc1)c1cncc(C(=O)N(C)CCc2ccncc2)c1. The molecule has 0 aliphatic heterocycles. The van der Waals surface area contributed by atoms with Crippen LogP contribution in [-0.2, 0) is 13.0 Å². The average Bonchev–Trinajstić information content (AvgIpc) is 2.76. The molecule has 0 atom stereocenters. The van der Waals surface area contributed by atoms with Gasteiger partial charge in [0.25, 0.3) is 5.91 Å². The van der Waals surface area contributed by atoms with Gasteiger partial charge in [-0.3, -0.25) is 14.8 Å². The van der Waals surface area contributed by atoms with E-state index in [1.165, 1.54) is 11.1 Å². The van der Waals surface area contributed by atoms with Crippen LogP contribution in [-0.4, -0.2) is 40.4 Å². The molecule has 0 spiro atoms. The van der Waals surface area contributed by atoms with Gasteiger partial charge in [-0.05, 0) is 49.6 Å². The molecule has 0 bridgehead atoms. The number of aromatic nitrogens is 2. The first-order valence-corrected chi connectivity index (χ1v) is 9.94. The number of anilines is 1. The average molecular weight is 389 g/mol. The Morgan fingerprint density at radius 2 is 1.69 bits per heavy atom. The van der Waals surface area contributed by atoms with Gasteiger partial charge >= 0.3 is 0 Å². The van der Waals surface area contributed by atoms with Crippen LogP contribution in [0.1, 0.15) is 35.3 Å². The molecule has 150 valence electrons. The smallest absolute Gasteiger partial charge is 0.255 e. The van der Waals surface area contributed by atoms with E-state index in [2.05, 4.69) is 40.8 Å². The maximum absolute atomic E-state index is 12.9. The Morgan fingerprint density at radius 1 is 0.966 bits per heavy atom. The molecule has 0 saturated carbocycles. The Bertz CT molecular complexity index is 912. The highest BCUT2D eigenvalue weighted by molar-refractivity contribution is 5.94. The molecule has 0 aliphatic rings. The molecule has 0 aliphatic carbocycles. The van der Waals surface area contributed by atoms with Crippen LogP contribution < -0.4 is 4.90 Å². The number of amides is 1. The summed E-state index contributed by atoms with van der Waals surface area (Å²) >= 11 is 0. The number of rotatable bonds is 8. The highest BCUT2D eigenvalue weighted by Crippen LogP contribution is 2.21. The van der Waals surface area contributed by atoms with Crippen LogP contribution in [0.15, 0.2) is 73.3 Å². The molecule has 0 N–H and O–H groups in total. The molecule has 0 radical (unpaired) electrons. The number of benzene rings is 1. The summed E-state index contributed by atoms with van der Waals surface area (Å²) < 4.78 is 0. The quantitative estimate of drug-likeness (QED) is 0.580. The van der Waals surface area contributed by atoms with E-state index in [9.17, 15) is 4.79 Å². The van der Waals surface area contributed by atoms with Crippen LogP contribution in [0.5, 0.6) is 0 Å². The summed E-state index contributed by atoms with van der Waals surface area (Å²) in [7, 11) is 1.83. The fourth-order valence-corrected chi connectivity index (χ4v) is 3.22. The van der Waals surface area contributed by atoms with Crippen molar-refractivity contribution in [2.45, 2.75) is 32.9 Å². The lowest BCUT2D eigenvalue weighted by Crippen LogP contribution is -2.31. The van der Waals surface area contributed by atoms with Crippen molar-refractivity contribution in [3.8, 4) is 0 Å². The van der Waals surface area contributed by atoms with Crippen LogP contribution in [0.4, 0.5) is 5.69 Å². The summed E-state index contributed by atoms with van der Waals surface area (Å²) in [6.07, 6.45) is 7.83. The normalized spacial score (nSPS) is 10.8. The minimum atomic E-state index is -0.0168. The fraction of sp³-hybridized carbons (Fsp3) is 0.292. The number of pyridine rings is 2. The number of likely N-dealkylation sites (N-methyl/N-ethyl adjacent to an activating group) is 1. The highest BCUT2D eigenvalue weighted by atomic mass is 16.2. The van der Waals surface area contributed by atoms with Gasteiger partial charge in [0.05, 0.1) is 17.4 Å². The molecule has 5 heteroatoms. The van der Waals surface area contributed by atoms with Gasteiger partial charge in [0.1, 0.15) is 0 Å². The number of hydrogen-bond acceptors (Lipinski definition) is 4. The Morgan fingerprint density at radius 3 is 2.38 bits per heavy atom. The first-order valence-electron chi connectivity index (χ1n) is 9.94. The summed E-state index contributed by atoms with van der Waals surface area (Å²) in [6.45, 7) is 5.72. The minimum Gasteiger partial charge on any atom is -0.364 e. The Balaban J connectivity index is 1.72. The van der Waals surface area contributed by atoms with E-state index in [0.29, 0.717) is 12.1 Å². The second-order valence-corrected chi connectivity index (χ2v) is 7.47. The molecular weight excluding hydrogens is 360 g/mol. The predicted molar refractivity (Wildman–Crippen MR) is 117 cm³/mol. The summed E-state index contributed by atoms with van der Waals surface area (Å²) in [5, 5.41) is 0. The Kier molecular flexibility index (Phi) is 6.95. The monoisotopic (exact) mass is 388 g/mol. The first-order chi connectivity index (χ1) is 14.0. The van der Waals surface area contributed by atoms with Crippen LogP contribution in [0.25, 0.3) is 0 Å². The third-order valence-electron chi connectivity index (χ3n) is 4.95. The number of carbonyl (C=O) groups is 1. The lowest BCUT2D eigenvalue weighted by molar-refractivity contribution is 0.0796. The number of hydrogen-bond donors (Lipinski definition) is 0. The topological polar surface area (TPSA) is 49.3 Å². The Hall–Kier alpha value is -3.21. The van der Waals surface area contributed by atoms with Crippen LogP contribution >= 0.6 is 0 Å². The van der Waals surface area contributed by atoms with Gasteiger partial charge in [-0.15, -0.1) is 0 Å². The zero-order valence-electron chi connectivity index (χ0n) is 17.3. The van der Waals surface area contributed by atoms with E-state index in [0.717, 1.165) is 18.7 Å². The van der Waals surface area contributed by atoms with Gasteiger partial charge in [-0.2, -0.15) is 0 Å². The van der Waals surface area contributed by atoms with Crippen LogP contribution in [0.2, 0.25) is 0 Å². The van der Waals surface area contributed by atoms with Crippen molar-refractivity contribution in [2.24, 2.45) is 0 Å². The van der Waals surface area contributed by atoms with Crippen molar-refractivity contribution in [1.82, 2.24) is 14.9 Å². The predicted octanol–water partition coefficient (Wildman–Crippen LogP) is 4.21. The molecule has 29 heavy (non-hydrogen) atoms. The van der Waals surface area contributed by atoms with Crippen molar-refractivity contribution in [2.75, 3.05) is 18.5 Å². The van der Waals surface area contributed by atoms with E-state index in [1.807, 2.05) is 49.6 Å². The van der Waals surface area contributed by atoms with E-state index in [1.54, 1.807) is 23.5 Å². The summed E-state index contributed by atoms with van der Waals surface area (Å²) in [5.74, 6) is -0.0168. The molecule has 1 aromatic carbocycles. The molecule has 0 unspecified atom stereocenters. The summed E-state index contributed by atoms with van der Waals surface area (Å²) in [5.41, 5.74) is 3.96. The molecule has 1 amide bonds. The third-order valence-corrected chi connectivity index (χ3v) is 4.95. The van der Waals surface area contributed by atoms with Crippen molar-refractivity contribution >= 4 is 11.6 Å². The van der Waals surface area contributed by atoms with Crippen LogP contribution in [0, 0.1) is 0 Å². The van der Waals surface area contributed by atoms with Gasteiger partial charge < -0.3 is 9.80 Å². The molecule has 0 saturated heterocycles. The largest absolute Gasteiger partial charge is 0.364 e. The zero-order chi connectivity index (χ0) is 20.6. The molecule has 5 nitrogen and oxygen atoms in total. The standard InChI is InChI=1S/C24H28N4O/c1-19(2)28(18-21-7-5-4-6-8-21)23-15-22(16-26-17-23)24(29)27(3)14-11-20-9-12-25-13-10-20/h4-10,12-13,15-17,19H,11,14,18H2,1-3H3. The van der Waals surface area contributed by atoms with Crippen LogP contribution in [0.3, 0.4) is 0 Å². The second kappa shape index (κ2) is 9.82. The van der Waals surface area contributed by atoms with Gasteiger partial charge in [0.2, 0.25) is 0 Å². The van der Waals surface area contributed by atoms with Crippen molar-refractivity contribution in [1.29, 1.82) is 0 Å². The first kappa shape index (κ1) is 20.5. The summed E-state index contributed by atoms with van der Waals surface area (Å²) in [6, 6.07) is 16.5. The Labute approximate surface area is 173 Å². The zero-order valence-corrected chi connectivity index (χ0v) is 17.3. The fourth-order valence-electron chi connectivity index (χ4n) is 3.22. The maximum Gasteiger partial charge on any atom is 0.255 e. The van der Waals surface area contributed by atoms with E-state index in [4.69, 9.17) is 0 Å². The lowest BCUT2D eigenvalue weighted by atomic mass is 10.1. The third kappa shape index (κ3) is 5.64. The molecule has 0 fully saturated rings. The molecule has 3 aromatic rings.